The highest BCUT2D eigenvalue weighted by Gasteiger charge is 2.08. The highest BCUT2D eigenvalue weighted by molar-refractivity contribution is 14.1. The number of aromatic amines is 1. The fraction of sp³-hybridized carbons (Fsp3) is 0. The summed E-state index contributed by atoms with van der Waals surface area (Å²) in [6, 6.07) is 1.92. The van der Waals surface area contributed by atoms with Gasteiger partial charge in [-0.1, -0.05) is 0 Å². The molecule has 0 bridgehead atoms. The first kappa shape index (κ1) is 11.7. The van der Waals surface area contributed by atoms with Crippen molar-refractivity contribution in [3.63, 3.8) is 0 Å². The van der Waals surface area contributed by atoms with E-state index < -0.39 is 0 Å². The van der Waals surface area contributed by atoms with E-state index in [2.05, 4.69) is 41.8 Å². The Labute approximate surface area is 120 Å². The summed E-state index contributed by atoms with van der Waals surface area (Å²) in [7, 11) is 0. The molecule has 0 aromatic carbocycles. The lowest BCUT2D eigenvalue weighted by Crippen LogP contribution is -2.10. The van der Waals surface area contributed by atoms with Crippen LogP contribution in [0.3, 0.4) is 0 Å². The van der Waals surface area contributed by atoms with Crippen molar-refractivity contribution in [2.24, 2.45) is 0 Å². The van der Waals surface area contributed by atoms with E-state index in [0.29, 0.717) is 9.39 Å². The summed E-state index contributed by atoms with van der Waals surface area (Å²) >= 11 is 10.3. The summed E-state index contributed by atoms with van der Waals surface area (Å²) in [5, 5.41) is 0. The first-order valence-electron chi connectivity index (χ1n) is 3.78. The molecular formula is C8H3Br2IN2OS. The molecule has 1 N–H and O–H groups in total. The van der Waals surface area contributed by atoms with Crippen LogP contribution in [0.1, 0.15) is 0 Å². The molecule has 0 atom stereocenters. The van der Waals surface area contributed by atoms with Gasteiger partial charge in [-0.05, 0) is 60.5 Å². The summed E-state index contributed by atoms with van der Waals surface area (Å²) in [5.74, 6) is 0.594. The number of nitrogens with zero attached hydrogens (tertiary/aromatic N) is 1. The summed E-state index contributed by atoms with van der Waals surface area (Å²) in [4.78, 5) is 19.2. The topological polar surface area (TPSA) is 45.8 Å². The number of hydrogen-bond donors (Lipinski definition) is 1. The maximum Gasteiger partial charge on any atom is 0.264 e. The number of hydrogen-bond acceptors (Lipinski definition) is 3. The van der Waals surface area contributed by atoms with E-state index in [1.54, 1.807) is 6.20 Å². The van der Waals surface area contributed by atoms with Gasteiger partial charge in [-0.2, -0.15) is 0 Å². The van der Waals surface area contributed by atoms with E-state index in [0.717, 1.165) is 13.1 Å². The van der Waals surface area contributed by atoms with Crippen LogP contribution in [0.4, 0.5) is 0 Å². The van der Waals surface area contributed by atoms with Crippen LogP contribution >= 0.6 is 65.8 Å². The monoisotopic (exact) mass is 460 g/mol. The average molecular weight is 462 g/mol. The molecular weight excluding hydrogens is 459 g/mol. The second-order valence-electron chi connectivity index (χ2n) is 2.64. The van der Waals surface area contributed by atoms with Crippen molar-refractivity contribution in [3.05, 3.63) is 34.4 Å². The van der Waals surface area contributed by atoms with Gasteiger partial charge >= 0.3 is 0 Å². The molecule has 0 radical (unpaired) electrons. The summed E-state index contributed by atoms with van der Waals surface area (Å²) in [6.45, 7) is 0. The predicted octanol–water partition coefficient (Wildman–Crippen LogP) is 3.63. The van der Waals surface area contributed by atoms with Crippen molar-refractivity contribution in [2.45, 2.75) is 0 Å². The molecule has 0 spiro atoms. The minimum absolute atomic E-state index is 0.110. The summed E-state index contributed by atoms with van der Waals surface area (Å²) in [5.41, 5.74) is -0.110. The molecule has 2 aromatic heterocycles. The van der Waals surface area contributed by atoms with Gasteiger partial charge in [0.05, 0.1) is 12.2 Å². The van der Waals surface area contributed by atoms with Crippen LogP contribution in [0, 0.1) is 3.57 Å². The Kier molecular flexibility index (Phi) is 3.63. The van der Waals surface area contributed by atoms with Crippen LogP contribution in [0.15, 0.2) is 25.3 Å². The van der Waals surface area contributed by atoms with Gasteiger partial charge in [0.15, 0.2) is 0 Å². The molecule has 0 fully saturated rings. The number of thiophene rings is 1. The zero-order valence-electron chi connectivity index (χ0n) is 7.05. The summed E-state index contributed by atoms with van der Waals surface area (Å²) in [6.07, 6.45) is 1.57. The molecule has 2 rings (SSSR count). The number of nitrogens with one attached hydrogen (secondary N) is 1. The van der Waals surface area contributed by atoms with Crippen LogP contribution in [0.5, 0.6) is 0 Å². The van der Waals surface area contributed by atoms with Crippen LogP contribution < -0.4 is 5.56 Å². The second-order valence-corrected chi connectivity index (χ2v) is 7.03. The van der Waals surface area contributed by atoms with Gasteiger partial charge < -0.3 is 4.98 Å². The van der Waals surface area contributed by atoms with E-state index >= 15 is 0 Å². The van der Waals surface area contributed by atoms with E-state index in [9.17, 15) is 4.79 Å². The molecule has 0 aliphatic rings. The Morgan fingerprint density at radius 2 is 2.20 bits per heavy atom. The van der Waals surface area contributed by atoms with Crippen LogP contribution in [-0.2, 0) is 0 Å². The molecule has 78 valence electrons. The highest BCUT2D eigenvalue weighted by Crippen LogP contribution is 2.36. The molecule has 2 heterocycles. The number of halogens is 3. The van der Waals surface area contributed by atoms with E-state index in [1.165, 1.54) is 11.3 Å². The molecule has 0 saturated carbocycles. The normalized spacial score (nSPS) is 10.6. The Bertz CT molecular complexity index is 547. The van der Waals surface area contributed by atoms with Gasteiger partial charge in [0, 0.05) is 10.7 Å². The lowest BCUT2D eigenvalue weighted by atomic mass is 10.4. The summed E-state index contributed by atoms with van der Waals surface area (Å²) < 4.78 is 2.54. The molecule has 0 unspecified atom stereocenters. The van der Waals surface area contributed by atoms with Crippen LogP contribution in [-0.4, -0.2) is 9.97 Å². The molecule has 7 heteroatoms. The molecule has 0 amide bonds. The molecule has 0 aliphatic heterocycles. The SMILES string of the molecule is O=c1[nH]c(-c2cc(Br)c(Br)s2)ncc1I. The third-order valence-electron chi connectivity index (χ3n) is 1.63. The largest absolute Gasteiger partial charge is 0.305 e. The van der Waals surface area contributed by atoms with E-state index in [4.69, 9.17) is 0 Å². The third-order valence-corrected chi connectivity index (χ3v) is 5.67. The highest BCUT2D eigenvalue weighted by atomic mass is 127. The lowest BCUT2D eigenvalue weighted by Gasteiger charge is -1.95. The van der Waals surface area contributed by atoms with Gasteiger partial charge in [0.1, 0.15) is 5.82 Å². The van der Waals surface area contributed by atoms with Crippen molar-refractivity contribution in [1.82, 2.24) is 9.97 Å². The standard InChI is InChI=1S/C8H3Br2IN2OS/c9-3-1-5(15-6(3)10)7-12-2-4(11)8(14)13-7/h1-2H,(H,12,13,14). The van der Waals surface area contributed by atoms with Crippen molar-refractivity contribution in [3.8, 4) is 10.7 Å². The second kappa shape index (κ2) is 4.64. The van der Waals surface area contributed by atoms with Crippen LogP contribution in [0.2, 0.25) is 0 Å². The molecule has 3 nitrogen and oxygen atoms in total. The van der Waals surface area contributed by atoms with Crippen molar-refractivity contribution in [2.75, 3.05) is 0 Å². The van der Waals surface area contributed by atoms with Gasteiger partial charge in [-0.15, -0.1) is 11.3 Å². The van der Waals surface area contributed by atoms with Crippen molar-refractivity contribution >= 4 is 65.8 Å². The number of H-pyrrole nitrogens is 1. The Morgan fingerprint density at radius 1 is 1.47 bits per heavy atom. The van der Waals surface area contributed by atoms with E-state index in [1.807, 2.05) is 28.7 Å². The van der Waals surface area contributed by atoms with Gasteiger partial charge in [-0.25, -0.2) is 4.98 Å². The third kappa shape index (κ3) is 2.51. The van der Waals surface area contributed by atoms with Gasteiger partial charge in [0.2, 0.25) is 0 Å². The van der Waals surface area contributed by atoms with E-state index in [-0.39, 0.29) is 5.56 Å². The number of rotatable bonds is 1. The first-order valence-corrected chi connectivity index (χ1v) is 7.26. The maximum atomic E-state index is 11.4. The fourth-order valence-electron chi connectivity index (χ4n) is 0.968. The van der Waals surface area contributed by atoms with Crippen molar-refractivity contribution in [1.29, 1.82) is 0 Å². The Balaban J connectivity index is 2.54. The minimum atomic E-state index is -0.110. The molecule has 15 heavy (non-hydrogen) atoms. The maximum absolute atomic E-state index is 11.4. The Morgan fingerprint density at radius 3 is 2.73 bits per heavy atom. The molecule has 0 aliphatic carbocycles. The number of aromatic nitrogens is 2. The zero-order chi connectivity index (χ0) is 11.0. The first-order chi connectivity index (χ1) is 7.08. The zero-order valence-corrected chi connectivity index (χ0v) is 13.2. The quantitative estimate of drug-likeness (QED) is 0.659. The van der Waals surface area contributed by atoms with Gasteiger partial charge in [-0.3, -0.25) is 4.79 Å². The molecule has 2 aromatic rings. The smallest absolute Gasteiger partial charge is 0.264 e. The Hall–Kier alpha value is 0.270. The van der Waals surface area contributed by atoms with Crippen LogP contribution in [0.25, 0.3) is 10.7 Å². The predicted molar refractivity (Wildman–Crippen MR) is 76.3 cm³/mol. The fourth-order valence-corrected chi connectivity index (χ4v) is 3.23. The van der Waals surface area contributed by atoms with Crippen molar-refractivity contribution < 1.29 is 0 Å². The minimum Gasteiger partial charge on any atom is -0.305 e. The average Bonchev–Trinajstić information content (AvgIpc) is 2.52. The molecule has 0 saturated heterocycles. The van der Waals surface area contributed by atoms with Gasteiger partial charge in [0.25, 0.3) is 5.56 Å². The lowest BCUT2D eigenvalue weighted by molar-refractivity contribution is 1.11.